The van der Waals surface area contributed by atoms with Crippen LogP contribution in [0.25, 0.3) is 11.0 Å². The van der Waals surface area contributed by atoms with Crippen LogP contribution in [-0.4, -0.2) is 28.3 Å². The second-order valence-electron chi connectivity index (χ2n) is 5.50. The van der Waals surface area contributed by atoms with Gasteiger partial charge < -0.3 is 16.0 Å². The van der Waals surface area contributed by atoms with E-state index in [-0.39, 0.29) is 5.91 Å². The monoisotopic (exact) mass is 322 g/mol. The van der Waals surface area contributed by atoms with Gasteiger partial charge in [-0.2, -0.15) is 0 Å². The molecule has 6 nitrogen and oxygen atoms in total. The SMILES string of the molecule is NC(=O)c1ccc(C(=O)NCCCc2nc3ccccc3[nH]2)cc1. The van der Waals surface area contributed by atoms with E-state index in [0.717, 1.165) is 29.7 Å². The zero-order chi connectivity index (χ0) is 16.9. The van der Waals surface area contributed by atoms with E-state index in [0.29, 0.717) is 17.7 Å². The summed E-state index contributed by atoms with van der Waals surface area (Å²) in [6.45, 7) is 0.549. The zero-order valence-electron chi connectivity index (χ0n) is 13.1. The Kier molecular flexibility index (Phi) is 4.56. The highest BCUT2D eigenvalue weighted by molar-refractivity contribution is 5.97. The first kappa shape index (κ1) is 15.7. The molecule has 24 heavy (non-hydrogen) atoms. The Hall–Kier alpha value is -3.15. The van der Waals surface area contributed by atoms with E-state index in [2.05, 4.69) is 15.3 Å². The van der Waals surface area contributed by atoms with Crippen LogP contribution in [0.4, 0.5) is 0 Å². The maximum absolute atomic E-state index is 12.0. The molecule has 0 aliphatic carbocycles. The van der Waals surface area contributed by atoms with Gasteiger partial charge in [-0.25, -0.2) is 4.98 Å². The average molecular weight is 322 g/mol. The molecule has 1 heterocycles. The number of carbonyl (C=O) groups excluding carboxylic acids is 2. The molecule has 3 aromatic rings. The summed E-state index contributed by atoms with van der Waals surface area (Å²) in [6.07, 6.45) is 1.54. The molecule has 0 saturated heterocycles. The number of nitrogens with two attached hydrogens (primary N) is 1. The van der Waals surface area contributed by atoms with Crippen molar-refractivity contribution in [2.75, 3.05) is 6.54 Å². The van der Waals surface area contributed by atoms with E-state index >= 15 is 0 Å². The molecule has 0 fully saturated rings. The summed E-state index contributed by atoms with van der Waals surface area (Å²) in [7, 11) is 0. The van der Waals surface area contributed by atoms with Crippen molar-refractivity contribution < 1.29 is 9.59 Å². The van der Waals surface area contributed by atoms with Crippen molar-refractivity contribution in [2.24, 2.45) is 5.73 Å². The smallest absolute Gasteiger partial charge is 0.251 e. The maximum atomic E-state index is 12.0. The molecule has 0 radical (unpaired) electrons. The first-order valence-corrected chi connectivity index (χ1v) is 7.75. The minimum atomic E-state index is -0.507. The van der Waals surface area contributed by atoms with Crippen LogP contribution in [-0.2, 0) is 6.42 Å². The van der Waals surface area contributed by atoms with E-state index in [1.807, 2.05) is 24.3 Å². The lowest BCUT2D eigenvalue weighted by Gasteiger charge is -2.05. The summed E-state index contributed by atoms with van der Waals surface area (Å²) < 4.78 is 0. The molecule has 3 rings (SSSR count). The lowest BCUT2D eigenvalue weighted by Crippen LogP contribution is -2.25. The van der Waals surface area contributed by atoms with E-state index in [9.17, 15) is 9.59 Å². The fraction of sp³-hybridized carbons (Fsp3) is 0.167. The molecular weight excluding hydrogens is 304 g/mol. The first-order valence-electron chi connectivity index (χ1n) is 7.75. The molecule has 122 valence electrons. The highest BCUT2D eigenvalue weighted by Crippen LogP contribution is 2.11. The predicted octanol–water partition coefficient (Wildman–Crippen LogP) is 2.02. The number of nitrogens with one attached hydrogen (secondary N) is 2. The third kappa shape index (κ3) is 3.60. The van der Waals surface area contributed by atoms with Gasteiger partial charge in [0.05, 0.1) is 11.0 Å². The largest absolute Gasteiger partial charge is 0.366 e. The second-order valence-corrected chi connectivity index (χ2v) is 5.50. The number of benzene rings is 2. The lowest BCUT2D eigenvalue weighted by molar-refractivity contribution is 0.0950. The average Bonchev–Trinajstić information content (AvgIpc) is 3.01. The molecule has 1 aromatic heterocycles. The van der Waals surface area contributed by atoms with Gasteiger partial charge in [-0.05, 0) is 42.8 Å². The number of nitrogens with zero attached hydrogens (tertiary/aromatic N) is 1. The number of primary amides is 1. The van der Waals surface area contributed by atoms with Gasteiger partial charge >= 0.3 is 0 Å². The maximum Gasteiger partial charge on any atom is 0.251 e. The zero-order valence-corrected chi connectivity index (χ0v) is 13.1. The number of aryl methyl sites for hydroxylation is 1. The topological polar surface area (TPSA) is 101 Å². The van der Waals surface area contributed by atoms with Gasteiger partial charge in [-0.15, -0.1) is 0 Å². The van der Waals surface area contributed by atoms with Crippen LogP contribution in [0.15, 0.2) is 48.5 Å². The van der Waals surface area contributed by atoms with Crippen LogP contribution in [0.5, 0.6) is 0 Å². The second kappa shape index (κ2) is 6.95. The number of imidazole rings is 1. The van der Waals surface area contributed by atoms with Crippen LogP contribution < -0.4 is 11.1 Å². The van der Waals surface area contributed by atoms with Crippen molar-refractivity contribution in [1.29, 1.82) is 0 Å². The normalized spacial score (nSPS) is 10.7. The fourth-order valence-corrected chi connectivity index (χ4v) is 2.47. The summed E-state index contributed by atoms with van der Waals surface area (Å²) >= 11 is 0. The van der Waals surface area contributed by atoms with Crippen molar-refractivity contribution in [2.45, 2.75) is 12.8 Å². The molecule has 0 aliphatic heterocycles. The number of rotatable bonds is 6. The Morgan fingerprint density at radius 2 is 1.75 bits per heavy atom. The molecule has 6 heteroatoms. The highest BCUT2D eigenvalue weighted by Gasteiger charge is 2.07. The molecule has 0 unspecified atom stereocenters. The van der Waals surface area contributed by atoms with E-state index in [4.69, 9.17) is 5.73 Å². The van der Waals surface area contributed by atoms with Crippen molar-refractivity contribution in [3.05, 3.63) is 65.5 Å². The summed E-state index contributed by atoms with van der Waals surface area (Å²) in [4.78, 5) is 30.8. The van der Waals surface area contributed by atoms with Crippen molar-refractivity contribution in [1.82, 2.24) is 15.3 Å². The summed E-state index contributed by atoms with van der Waals surface area (Å²) in [6, 6.07) is 14.2. The fourth-order valence-electron chi connectivity index (χ4n) is 2.47. The van der Waals surface area contributed by atoms with Gasteiger partial charge in [0.25, 0.3) is 5.91 Å². The number of fused-ring (bicyclic) bond motifs is 1. The van der Waals surface area contributed by atoms with Crippen LogP contribution in [0.2, 0.25) is 0 Å². The van der Waals surface area contributed by atoms with Crippen molar-refractivity contribution >= 4 is 22.8 Å². The number of aromatic amines is 1. The van der Waals surface area contributed by atoms with Gasteiger partial charge in [-0.1, -0.05) is 12.1 Å². The number of H-pyrrole nitrogens is 1. The first-order chi connectivity index (χ1) is 11.6. The van der Waals surface area contributed by atoms with Crippen LogP contribution in [0.1, 0.15) is 33.0 Å². The van der Waals surface area contributed by atoms with Gasteiger partial charge in [0, 0.05) is 24.1 Å². The quantitative estimate of drug-likeness (QED) is 0.605. The minimum absolute atomic E-state index is 0.171. The van der Waals surface area contributed by atoms with Gasteiger partial charge in [0.15, 0.2) is 0 Å². The van der Waals surface area contributed by atoms with Gasteiger partial charge in [0.1, 0.15) is 5.82 Å². The Morgan fingerprint density at radius 3 is 2.46 bits per heavy atom. The predicted molar refractivity (Wildman–Crippen MR) is 91.7 cm³/mol. The van der Waals surface area contributed by atoms with Crippen LogP contribution in [0, 0.1) is 0 Å². The Labute approximate surface area is 139 Å². The molecule has 0 bridgehead atoms. The minimum Gasteiger partial charge on any atom is -0.366 e. The lowest BCUT2D eigenvalue weighted by atomic mass is 10.1. The van der Waals surface area contributed by atoms with E-state index < -0.39 is 5.91 Å². The molecule has 0 spiro atoms. The molecule has 4 N–H and O–H groups in total. The number of hydrogen-bond donors (Lipinski definition) is 3. The number of para-hydroxylation sites is 2. The van der Waals surface area contributed by atoms with E-state index in [1.54, 1.807) is 24.3 Å². The van der Waals surface area contributed by atoms with Crippen molar-refractivity contribution in [3.8, 4) is 0 Å². The Balaban J connectivity index is 1.48. The molecule has 0 aliphatic rings. The molecule has 0 atom stereocenters. The number of carbonyl (C=O) groups is 2. The third-order valence-corrected chi connectivity index (χ3v) is 3.75. The summed E-state index contributed by atoms with van der Waals surface area (Å²) in [5, 5.41) is 2.85. The van der Waals surface area contributed by atoms with Crippen LogP contribution >= 0.6 is 0 Å². The van der Waals surface area contributed by atoms with Crippen molar-refractivity contribution in [3.63, 3.8) is 0 Å². The number of hydrogen-bond acceptors (Lipinski definition) is 3. The molecule has 2 aromatic carbocycles. The number of aromatic nitrogens is 2. The molecule has 0 saturated carbocycles. The highest BCUT2D eigenvalue weighted by atomic mass is 16.2. The summed E-state index contributed by atoms with van der Waals surface area (Å²) in [5.74, 6) is 0.236. The van der Waals surface area contributed by atoms with Crippen LogP contribution in [0.3, 0.4) is 0 Å². The Bertz CT molecular complexity index is 835. The van der Waals surface area contributed by atoms with E-state index in [1.165, 1.54) is 0 Å². The third-order valence-electron chi connectivity index (χ3n) is 3.75. The van der Waals surface area contributed by atoms with Gasteiger partial charge in [-0.3, -0.25) is 9.59 Å². The standard InChI is InChI=1S/C18H18N4O2/c19-17(23)12-7-9-13(10-8-12)18(24)20-11-3-6-16-21-14-4-1-2-5-15(14)22-16/h1-2,4-5,7-10H,3,6,11H2,(H2,19,23)(H,20,24)(H,21,22). The summed E-state index contributed by atoms with van der Waals surface area (Å²) in [5.41, 5.74) is 8.03. The molecule has 2 amide bonds. The number of amides is 2. The Morgan fingerprint density at radius 1 is 1.04 bits per heavy atom. The molecular formula is C18H18N4O2. The van der Waals surface area contributed by atoms with Gasteiger partial charge in [0.2, 0.25) is 5.91 Å².